The van der Waals surface area contributed by atoms with Crippen LogP contribution in [-0.2, 0) is 10.0 Å². The van der Waals surface area contributed by atoms with Gasteiger partial charge in [-0.3, -0.25) is 4.79 Å². The van der Waals surface area contributed by atoms with Gasteiger partial charge in [-0.15, -0.1) is 0 Å². The maximum Gasteiger partial charge on any atom is 0.349 e. The maximum absolute atomic E-state index is 12.4. The van der Waals surface area contributed by atoms with Crippen molar-refractivity contribution in [1.29, 1.82) is 0 Å². The Morgan fingerprint density at radius 2 is 1.64 bits per heavy atom. The van der Waals surface area contributed by atoms with Crippen molar-refractivity contribution in [2.75, 3.05) is 0 Å². The Balaban J connectivity index is 2.55. The molecule has 2 rings (SSSR count). The monoisotopic (exact) mass is 342 g/mol. The fraction of sp³-hybridized carbons (Fsp3) is 0.286. The molecule has 0 aliphatic heterocycles. The molecule has 118 valence electrons. The number of carbonyl (C=O) groups is 1. The van der Waals surface area contributed by atoms with Gasteiger partial charge in [-0.25, -0.2) is 17.8 Å². The Bertz CT molecular complexity index is 871. The molecule has 22 heavy (non-hydrogen) atoms. The van der Waals surface area contributed by atoms with Gasteiger partial charge >= 0.3 is 5.69 Å². The third-order valence-corrected chi connectivity index (χ3v) is 4.89. The lowest BCUT2D eigenvalue weighted by Gasteiger charge is -2.15. The number of benzene rings is 1. The molecule has 0 bridgehead atoms. The minimum atomic E-state index is -4.07. The molecule has 0 aliphatic carbocycles. The van der Waals surface area contributed by atoms with Crippen molar-refractivity contribution in [2.45, 2.75) is 25.7 Å². The van der Waals surface area contributed by atoms with Gasteiger partial charge in [0.1, 0.15) is 0 Å². The zero-order valence-corrected chi connectivity index (χ0v) is 13.9. The number of halogens is 1. The highest BCUT2D eigenvalue weighted by Crippen LogP contribution is 2.18. The molecule has 0 amide bonds. The molecule has 0 saturated heterocycles. The summed E-state index contributed by atoms with van der Waals surface area (Å²) in [5, 5.41) is 0.381. The van der Waals surface area contributed by atoms with E-state index in [2.05, 4.69) is 0 Å². The maximum atomic E-state index is 12.4. The zero-order valence-electron chi connectivity index (χ0n) is 12.3. The predicted octanol–water partition coefficient (Wildman–Crippen LogP) is 2.23. The number of aromatic nitrogens is 2. The summed E-state index contributed by atoms with van der Waals surface area (Å²) in [7, 11) is -4.07. The van der Waals surface area contributed by atoms with Crippen LogP contribution in [0.4, 0.5) is 0 Å². The molecule has 2 aromatic rings. The normalized spacial score (nSPS) is 12.4. The third kappa shape index (κ3) is 2.86. The zero-order chi connectivity index (χ0) is 16.7. The van der Waals surface area contributed by atoms with Crippen molar-refractivity contribution < 1.29 is 13.2 Å². The van der Waals surface area contributed by atoms with Gasteiger partial charge in [0.05, 0.1) is 4.90 Å². The second-order valence-electron chi connectivity index (χ2n) is 5.76. The third-order valence-electron chi connectivity index (χ3n) is 2.98. The fourth-order valence-electron chi connectivity index (χ4n) is 1.78. The van der Waals surface area contributed by atoms with E-state index in [1.165, 1.54) is 24.3 Å². The molecule has 8 heteroatoms. The van der Waals surface area contributed by atoms with Crippen molar-refractivity contribution in [3.8, 4) is 0 Å². The van der Waals surface area contributed by atoms with Crippen molar-refractivity contribution in [3.63, 3.8) is 0 Å². The summed E-state index contributed by atoms with van der Waals surface area (Å²) in [5.74, 6) is -0.484. The molecule has 1 aromatic heterocycles. The van der Waals surface area contributed by atoms with Gasteiger partial charge in [0.15, 0.2) is 0 Å². The number of carbonyl (C=O) groups excluding carboxylic acids is 1. The van der Waals surface area contributed by atoms with Crippen LogP contribution in [0.1, 0.15) is 25.6 Å². The number of hydrogen-bond acceptors (Lipinski definition) is 4. The van der Waals surface area contributed by atoms with Crippen molar-refractivity contribution >= 4 is 27.5 Å². The second kappa shape index (κ2) is 5.40. The van der Waals surface area contributed by atoms with Crippen molar-refractivity contribution in [2.24, 2.45) is 5.41 Å². The summed E-state index contributed by atoms with van der Waals surface area (Å²) in [5.41, 5.74) is -1.73. The van der Waals surface area contributed by atoms with Crippen LogP contribution in [-0.4, -0.2) is 22.9 Å². The highest BCUT2D eigenvalue weighted by atomic mass is 35.5. The topological polar surface area (TPSA) is 78.1 Å². The highest BCUT2D eigenvalue weighted by Gasteiger charge is 2.28. The predicted molar refractivity (Wildman–Crippen MR) is 82.8 cm³/mol. The van der Waals surface area contributed by atoms with E-state index in [4.69, 9.17) is 11.6 Å². The molecule has 0 aliphatic rings. The largest absolute Gasteiger partial charge is 0.349 e. The molecule has 6 nitrogen and oxygen atoms in total. The minimum absolute atomic E-state index is 0.0834. The van der Waals surface area contributed by atoms with Crippen molar-refractivity contribution in [1.82, 2.24) is 8.54 Å². The van der Waals surface area contributed by atoms with E-state index in [1.807, 2.05) is 0 Å². The molecule has 0 atom stereocenters. The van der Waals surface area contributed by atoms with Crippen LogP contribution in [0, 0.1) is 5.41 Å². The molecule has 0 radical (unpaired) electrons. The van der Waals surface area contributed by atoms with Gasteiger partial charge in [-0.1, -0.05) is 32.4 Å². The lowest BCUT2D eigenvalue weighted by Crippen LogP contribution is -2.37. The first-order valence-electron chi connectivity index (χ1n) is 6.41. The van der Waals surface area contributed by atoms with Crippen LogP contribution in [0.3, 0.4) is 0 Å². The molecule has 0 spiro atoms. The van der Waals surface area contributed by atoms with E-state index in [-0.39, 0.29) is 4.90 Å². The van der Waals surface area contributed by atoms with E-state index in [9.17, 15) is 18.0 Å². The first-order chi connectivity index (χ1) is 10.0. The van der Waals surface area contributed by atoms with E-state index >= 15 is 0 Å². The van der Waals surface area contributed by atoms with E-state index < -0.39 is 27.0 Å². The summed E-state index contributed by atoms with van der Waals surface area (Å²) in [4.78, 5) is 24.3. The van der Waals surface area contributed by atoms with Gasteiger partial charge in [-0.05, 0) is 24.3 Å². The molecular weight excluding hydrogens is 328 g/mol. The van der Waals surface area contributed by atoms with Gasteiger partial charge in [0.2, 0.25) is 5.91 Å². The van der Waals surface area contributed by atoms with Crippen LogP contribution in [0.2, 0.25) is 5.02 Å². The lowest BCUT2D eigenvalue weighted by atomic mass is 9.96. The van der Waals surface area contributed by atoms with Gasteiger partial charge < -0.3 is 0 Å². The first-order valence-corrected chi connectivity index (χ1v) is 8.23. The smallest absolute Gasteiger partial charge is 0.273 e. The van der Waals surface area contributed by atoms with Gasteiger partial charge in [0, 0.05) is 22.8 Å². The SMILES string of the molecule is CC(C)(C)C(=O)n1ccn(S(=O)(=O)c2ccc(Cl)cc2)c1=O. The average Bonchev–Trinajstić information content (AvgIpc) is 2.79. The van der Waals surface area contributed by atoms with Crippen LogP contribution in [0.5, 0.6) is 0 Å². The highest BCUT2D eigenvalue weighted by molar-refractivity contribution is 7.90. The molecule has 1 heterocycles. The first kappa shape index (κ1) is 16.5. The molecule has 1 aromatic carbocycles. The molecule has 0 unspecified atom stereocenters. The average molecular weight is 343 g/mol. The Morgan fingerprint density at radius 1 is 1.09 bits per heavy atom. The number of imidazole rings is 1. The Kier molecular flexibility index (Phi) is 4.06. The molecule has 0 saturated carbocycles. The Hall–Kier alpha value is -1.86. The van der Waals surface area contributed by atoms with Crippen LogP contribution >= 0.6 is 11.6 Å². The summed E-state index contributed by atoms with van der Waals surface area (Å²) < 4.78 is 26.2. The summed E-state index contributed by atoms with van der Waals surface area (Å²) >= 11 is 5.72. The quantitative estimate of drug-likeness (QED) is 0.838. The Labute approximate surface area is 133 Å². The molecule has 0 N–H and O–H groups in total. The summed E-state index contributed by atoms with van der Waals surface area (Å²) in [6, 6.07) is 5.42. The van der Waals surface area contributed by atoms with Crippen LogP contribution in [0.25, 0.3) is 0 Å². The number of rotatable bonds is 2. The van der Waals surface area contributed by atoms with E-state index in [0.717, 1.165) is 17.0 Å². The summed E-state index contributed by atoms with van der Waals surface area (Å²) in [6.45, 7) is 4.94. The van der Waals surface area contributed by atoms with Crippen molar-refractivity contribution in [3.05, 3.63) is 52.2 Å². The lowest BCUT2D eigenvalue weighted by molar-refractivity contribution is 0.0762. The van der Waals surface area contributed by atoms with E-state index in [0.29, 0.717) is 9.00 Å². The van der Waals surface area contributed by atoms with Gasteiger partial charge in [0.25, 0.3) is 10.0 Å². The van der Waals surface area contributed by atoms with Crippen LogP contribution in [0.15, 0.2) is 46.3 Å². The fourth-order valence-corrected chi connectivity index (χ4v) is 3.12. The summed E-state index contributed by atoms with van der Waals surface area (Å²) in [6.07, 6.45) is 2.22. The van der Waals surface area contributed by atoms with Crippen LogP contribution < -0.4 is 5.69 Å². The minimum Gasteiger partial charge on any atom is -0.273 e. The van der Waals surface area contributed by atoms with Gasteiger partial charge in [-0.2, -0.15) is 3.97 Å². The number of hydrogen-bond donors (Lipinski definition) is 0. The second-order valence-corrected chi connectivity index (χ2v) is 8.01. The molecule has 0 fully saturated rings. The van der Waals surface area contributed by atoms with E-state index in [1.54, 1.807) is 20.8 Å². The Morgan fingerprint density at radius 3 is 2.14 bits per heavy atom. The standard InChI is InChI=1S/C14H15ClN2O4S/c1-14(2,3)12(18)16-8-9-17(13(16)19)22(20,21)11-6-4-10(15)5-7-11/h4-9H,1-3H3. The number of nitrogens with zero attached hydrogens (tertiary/aromatic N) is 2. The molecular formula is C14H15ClN2O4S.